The predicted octanol–water partition coefficient (Wildman–Crippen LogP) is 9.38. The highest BCUT2D eigenvalue weighted by Gasteiger charge is 2.69. The molecule has 1 atom stereocenters. The molecule has 5 aromatic carbocycles. The zero-order valence-electron chi connectivity index (χ0n) is 25.7. The highest BCUT2D eigenvalue weighted by Crippen LogP contribution is 2.65. The maximum absolute atomic E-state index is 14.3. The second-order valence-corrected chi connectivity index (χ2v) is 13.1. The van der Waals surface area contributed by atoms with Gasteiger partial charge in [0.2, 0.25) is 0 Å². The molecule has 45 heavy (non-hydrogen) atoms. The van der Waals surface area contributed by atoms with Crippen LogP contribution < -0.4 is 14.2 Å². The second kappa shape index (κ2) is 8.79. The van der Waals surface area contributed by atoms with E-state index in [9.17, 15) is 4.79 Å². The van der Waals surface area contributed by atoms with Crippen LogP contribution in [0.4, 0.5) is 0 Å². The molecule has 5 nitrogen and oxygen atoms in total. The Morgan fingerprint density at radius 3 is 1.82 bits per heavy atom. The highest BCUT2D eigenvalue weighted by molar-refractivity contribution is 6.10. The van der Waals surface area contributed by atoms with Crippen LogP contribution in [0, 0.1) is 5.41 Å². The molecule has 0 aromatic heterocycles. The van der Waals surface area contributed by atoms with Crippen LogP contribution in [0.25, 0.3) is 38.2 Å². The Morgan fingerprint density at radius 1 is 0.622 bits per heavy atom. The number of ether oxygens (including phenoxy) is 4. The Kier molecular flexibility index (Phi) is 5.15. The van der Waals surface area contributed by atoms with Crippen LogP contribution in [0.15, 0.2) is 114 Å². The molecule has 1 spiro atoms. The van der Waals surface area contributed by atoms with Gasteiger partial charge in [0.25, 0.3) is 0 Å². The molecule has 3 heterocycles. The van der Waals surface area contributed by atoms with E-state index in [-0.39, 0.29) is 0 Å². The van der Waals surface area contributed by atoms with Crippen molar-refractivity contribution in [2.75, 3.05) is 0 Å². The monoisotopic (exact) mass is 592 g/mol. The van der Waals surface area contributed by atoms with Crippen LogP contribution >= 0.6 is 0 Å². The molecule has 0 fully saturated rings. The molecular weight excluding hydrogens is 560 g/mol. The first-order valence-electron chi connectivity index (χ1n) is 15.7. The van der Waals surface area contributed by atoms with Crippen LogP contribution in [0.1, 0.15) is 46.1 Å². The van der Waals surface area contributed by atoms with E-state index in [2.05, 4.69) is 70.2 Å². The maximum Gasteiger partial charge on any atom is 0.447 e. The smallest absolute Gasteiger partial charge is 0.447 e. The first-order valence-corrected chi connectivity index (χ1v) is 15.7. The Morgan fingerprint density at radius 2 is 1.20 bits per heavy atom. The molecule has 0 saturated heterocycles. The fraction of sp³-hybridized carbons (Fsp3) is 0.225. The van der Waals surface area contributed by atoms with Crippen LogP contribution in [-0.2, 0) is 9.53 Å². The van der Waals surface area contributed by atoms with Crippen molar-refractivity contribution < 1.29 is 23.7 Å². The lowest BCUT2D eigenvalue weighted by Gasteiger charge is -2.48. The van der Waals surface area contributed by atoms with Gasteiger partial charge in [0.1, 0.15) is 22.8 Å². The second-order valence-electron chi connectivity index (χ2n) is 13.1. The number of hydrogen-bond acceptors (Lipinski definition) is 5. The molecule has 4 aliphatic rings. The lowest BCUT2D eigenvalue weighted by Crippen LogP contribution is -2.56. The lowest BCUT2D eigenvalue weighted by molar-refractivity contribution is -0.257. The number of para-hydroxylation sites is 1. The summed E-state index contributed by atoms with van der Waals surface area (Å²) in [6, 6.07) is 32.7. The zero-order valence-corrected chi connectivity index (χ0v) is 25.7. The Hall–Kier alpha value is -5.03. The summed E-state index contributed by atoms with van der Waals surface area (Å²) in [6.45, 7) is 8.48. The normalized spacial score (nSPS) is 21.6. The van der Waals surface area contributed by atoms with Gasteiger partial charge in [0.05, 0.1) is 11.1 Å². The average molecular weight is 593 g/mol. The third-order valence-corrected chi connectivity index (χ3v) is 10.4. The molecular formula is C40H32O5. The number of fused-ring (bicyclic) bond motifs is 11. The van der Waals surface area contributed by atoms with Crippen LogP contribution in [-0.4, -0.2) is 17.5 Å². The summed E-state index contributed by atoms with van der Waals surface area (Å²) < 4.78 is 27.3. The topological polar surface area (TPSA) is 54.0 Å². The molecule has 0 N–H and O–H groups in total. The molecule has 0 radical (unpaired) electrons. The summed E-state index contributed by atoms with van der Waals surface area (Å²) >= 11 is 0. The highest BCUT2D eigenvalue weighted by atomic mass is 16.9. The Labute approximate surface area is 261 Å². The molecule has 222 valence electrons. The molecule has 5 aromatic rings. The SMILES string of the molecule is CCCC1=C2c3ccccc3O[C@@]2(C)C(C)(C)C2=C1C(=O)OC21Oc2ccc3ccccc3c2-c2c(ccc3ccccc23)O1. The largest absolute Gasteiger partial charge is 0.481 e. The standard InChI is InChI=1S/C40H32O5/c1-5-12-28-34-36(38(2,3)39(4)35(28)27-17-10-11-18-29(27)42-39)40(45-37(34)41)43-30-21-19-23-13-6-8-15-25(23)32(30)33-26-16-9-7-14-24(26)20-22-31(33)44-40/h6-11,13-22H,5,12H2,1-4H3/t39-/m1/s1. The van der Waals surface area contributed by atoms with E-state index in [1.807, 2.05) is 54.6 Å². The summed E-state index contributed by atoms with van der Waals surface area (Å²) in [7, 11) is 0. The first-order chi connectivity index (χ1) is 21.8. The van der Waals surface area contributed by atoms with Crippen molar-refractivity contribution in [3.8, 4) is 28.4 Å². The van der Waals surface area contributed by atoms with Gasteiger partial charge in [-0.3, -0.25) is 0 Å². The third-order valence-electron chi connectivity index (χ3n) is 10.4. The van der Waals surface area contributed by atoms with Gasteiger partial charge < -0.3 is 18.9 Å². The first kappa shape index (κ1) is 26.4. The Bertz CT molecular complexity index is 2110. The van der Waals surface area contributed by atoms with Crippen LogP contribution in [0.5, 0.6) is 17.2 Å². The molecule has 3 aliphatic heterocycles. The molecule has 5 heteroatoms. The van der Waals surface area contributed by atoms with Crippen molar-refractivity contribution in [3.05, 3.63) is 119 Å². The summed E-state index contributed by atoms with van der Waals surface area (Å²) in [5.41, 5.74) is 4.44. The fourth-order valence-corrected chi connectivity index (χ4v) is 8.14. The summed E-state index contributed by atoms with van der Waals surface area (Å²) in [4.78, 5) is 14.3. The van der Waals surface area contributed by atoms with E-state index in [1.165, 1.54) is 0 Å². The van der Waals surface area contributed by atoms with E-state index in [0.29, 0.717) is 29.1 Å². The summed E-state index contributed by atoms with van der Waals surface area (Å²) in [5, 5.41) is 4.23. The van der Waals surface area contributed by atoms with Crippen LogP contribution in [0.2, 0.25) is 0 Å². The minimum Gasteiger partial charge on any atom is -0.481 e. The molecule has 0 amide bonds. The summed E-state index contributed by atoms with van der Waals surface area (Å²) in [5.74, 6) is -0.280. The van der Waals surface area contributed by atoms with E-state index in [0.717, 1.165) is 61.6 Å². The van der Waals surface area contributed by atoms with Gasteiger partial charge in [-0.2, -0.15) is 0 Å². The van der Waals surface area contributed by atoms with Crippen molar-refractivity contribution in [2.24, 2.45) is 5.41 Å². The molecule has 9 rings (SSSR count). The third kappa shape index (κ3) is 3.25. The minimum atomic E-state index is -1.84. The lowest BCUT2D eigenvalue weighted by atomic mass is 9.59. The van der Waals surface area contributed by atoms with Crippen molar-refractivity contribution >= 4 is 33.1 Å². The van der Waals surface area contributed by atoms with E-state index in [1.54, 1.807) is 0 Å². The number of rotatable bonds is 2. The predicted molar refractivity (Wildman–Crippen MR) is 175 cm³/mol. The molecule has 0 bridgehead atoms. The maximum atomic E-state index is 14.3. The molecule has 1 aliphatic carbocycles. The number of benzene rings is 5. The van der Waals surface area contributed by atoms with Gasteiger partial charge in [-0.1, -0.05) is 106 Å². The number of carbonyl (C=O) groups excluding carboxylic acids is 1. The Balaban J connectivity index is 1.37. The van der Waals surface area contributed by atoms with Crippen molar-refractivity contribution in [1.29, 1.82) is 0 Å². The van der Waals surface area contributed by atoms with E-state index < -0.39 is 23.0 Å². The van der Waals surface area contributed by atoms with Gasteiger partial charge in [-0.05, 0) is 58.7 Å². The minimum absolute atomic E-state index is 0.438. The number of carbonyl (C=O) groups is 1. The molecule has 0 saturated carbocycles. The quantitative estimate of drug-likeness (QED) is 0.191. The van der Waals surface area contributed by atoms with Crippen molar-refractivity contribution in [2.45, 2.75) is 52.1 Å². The van der Waals surface area contributed by atoms with E-state index >= 15 is 0 Å². The van der Waals surface area contributed by atoms with Gasteiger partial charge in [-0.15, -0.1) is 0 Å². The zero-order chi connectivity index (χ0) is 30.7. The van der Waals surface area contributed by atoms with Gasteiger partial charge in [0, 0.05) is 27.7 Å². The number of hydrogen-bond donors (Lipinski definition) is 0. The average Bonchev–Trinajstić information content (AvgIpc) is 3.45. The number of esters is 1. The van der Waals surface area contributed by atoms with Crippen molar-refractivity contribution in [3.63, 3.8) is 0 Å². The van der Waals surface area contributed by atoms with Crippen molar-refractivity contribution in [1.82, 2.24) is 0 Å². The fourth-order valence-electron chi connectivity index (χ4n) is 8.14. The summed E-state index contributed by atoms with van der Waals surface area (Å²) in [6.07, 6.45) is 1.53. The van der Waals surface area contributed by atoms with Gasteiger partial charge in [0.15, 0.2) is 0 Å². The van der Waals surface area contributed by atoms with Gasteiger partial charge >= 0.3 is 11.9 Å². The van der Waals surface area contributed by atoms with E-state index in [4.69, 9.17) is 18.9 Å². The van der Waals surface area contributed by atoms with Crippen LogP contribution in [0.3, 0.4) is 0 Å². The molecule has 0 unspecified atom stereocenters. The van der Waals surface area contributed by atoms with Gasteiger partial charge in [-0.25, -0.2) is 4.79 Å².